The normalized spacial score (nSPS) is 11.4. The van der Waals surface area contributed by atoms with Crippen LogP contribution in [0.3, 0.4) is 0 Å². The van der Waals surface area contributed by atoms with E-state index in [1.165, 1.54) is 0 Å². The lowest BCUT2D eigenvalue weighted by Crippen LogP contribution is -2.53. The zero-order chi connectivity index (χ0) is 22.6. The first-order chi connectivity index (χ1) is 14.9. The molecule has 0 radical (unpaired) electrons. The number of guanidine groups is 1. The monoisotopic (exact) mass is 425 g/mol. The van der Waals surface area contributed by atoms with E-state index in [0.29, 0.717) is 18.5 Å². The van der Waals surface area contributed by atoms with Crippen molar-refractivity contribution in [3.8, 4) is 0 Å². The fourth-order valence-electron chi connectivity index (χ4n) is 2.97. The summed E-state index contributed by atoms with van der Waals surface area (Å²) in [4.78, 5) is 37.4. The number of amides is 1. The molecular formula is C22H27N5O4. The van der Waals surface area contributed by atoms with Crippen LogP contribution in [0.2, 0.25) is 0 Å². The first kappa shape index (κ1) is 23.6. The van der Waals surface area contributed by atoms with E-state index in [4.69, 9.17) is 11.1 Å². The number of rotatable bonds is 12. The van der Waals surface area contributed by atoms with E-state index in [0.717, 1.165) is 10.6 Å². The van der Waals surface area contributed by atoms with E-state index in [1.54, 1.807) is 30.3 Å². The van der Waals surface area contributed by atoms with E-state index in [2.05, 4.69) is 10.7 Å². The number of aliphatic carboxylic acids is 1. The highest BCUT2D eigenvalue weighted by Crippen LogP contribution is 2.12. The molecule has 0 aliphatic carbocycles. The Labute approximate surface area is 180 Å². The minimum atomic E-state index is -1.19. The molecule has 0 saturated heterocycles. The first-order valence-corrected chi connectivity index (χ1v) is 9.87. The summed E-state index contributed by atoms with van der Waals surface area (Å²) in [7, 11) is 0. The standard InChI is InChI=1S/C22H27N5O4/c23-22(24)25-13-7-12-18(21(30)31)27(26-15-16-8-3-1-4-9-16)20(29)14-19(28)17-10-5-2-6-11-17/h1-6,8-11,18,26H,7,12-15H2,(H,30,31)(H4,23,24,25)/t18-/m0/s1. The minimum absolute atomic E-state index is 0.114. The van der Waals surface area contributed by atoms with Crippen LogP contribution >= 0.6 is 0 Å². The van der Waals surface area contributed by atoms with Crippen molar-refractivity contribution in [3.63, 3.8) is 0 Å². The van der Waals surface area contributed by atoms with Crippen molar-refractivity contribution in [2.75, 3.05) is 6.54 Å². The largest absolute Gasteiger partial charge is 0.480 e. The van der Waals surface area contributed by atoms with Crippen molar-refractivity contribution < 1.29 is 19.5 Å². The van der Waals surface area contributed by atoms with Gasteiger partial charge in [-0.15, -0.1) is 0 Å². The fraction of sp³-hybridized carbons (Fsp3) is 0.273. The van der Waals surface area contributed by atoms with Crippen LogP contribution in [-0.4, -0.2) is 46.3 Å². The van der Waals surface area contributed by atoms with E-state index in [-0.39, 0.29) is 24.7 Å². The molecule has 0 aromatic heterocycles. The van der Waals surface area contributed by atoms with E-state index in [9.17, 15) is 19.5 Å². The van der Waals surface area contributed by atoms with Gasteiger partial charge in [-0.25, -0.2) is 10.2 Å². The molecule has 2 rings (SSSR count). The average Bonchev–Trinajstić information content (AvgIpc) is 2.76. The predicted octanol–water partition coefficient (Wildman–Crippen LogP) is 1.51. The number of Topliss-reactive ketones (excluding diaryl/α,β-unsaturated/α-hetero) is 1. The summed E-state index contributed by atoms with van der Waals surface area (Å²) in [5.74, 6) is -2.42. The number of hydrazine groups is 1. The highest BCUT2D eigenvalue weighted by molar-refractivity contribution is 6.07. The highest BCUT2D eigenvalue weighted by atomic mass is 16.4. The van der Waals surface area contributed by atoms with E-state index < -0.39 is 24.3 Å². The third-order valence-electron chi connectivity index (χ3n) is 4.54. The van der Waals surface area contributed by atoms with Gasteiger partial charge in [0.2, 0.25) is 5.91 Å². The van der Waals surface area contributed by atoms with Crippen LogP contribution in [0.25, 0.3) is 0 Å². The molecular weight excluding hydrogens is 398 g/mol. The molecule has 0 bridgehead atoms. The number of benzene rings is 2. The van der Waals surface area contributed by atoms with E-state index >= 15 is 0 Å². The second-order valence-electron chi connectivity index (χ2n) is 6.89. The Hall–Kier alpha value is -3.72. The van der Waals surface area contributed by atoms with Gasteiger partial charge in [-0.05, 0) is 18.4 Å². The fourth-order valence-corrected chi connectivity index (χ4v) is 2.97. The average molecular weight is 425 g/mol. The van der Waals surface area contributed by atoms with Crippen molar-refractivity contribution >= 4 is 23.6 Å². The van der Waals surface area contributed by atoms with Gasteiger partial charge in [0, 0.05) is 18.7 Å². The number of carboxylic acid groups (broad SMARTS) is 1. The van der Waals surface area contributed by atoms with Gasteiger partial charge in [-0.2, -0.15) is 0 Å². The van der Waals surface area contributed by atoms with Crippen LogP contribution in [0.15, 0.2) is 60.7 Å². The Morgan fingerprint density at radius 2 is 1.65 bits per heavy atom. The van der Waals surface area contributed by atoms with Crippen molar-refractivity contribution in [2.24, 2.45) is 5.73 Å². The van der Waals surface area contributed by atoms with Gasteiger partial charge in [0.25, 0.3) is 0 Å². The Morgan fingerprint density at radius 1 is 1.03 bits per heavy atom. The maximum atomic E-state index is 12.9. The topological polar surface area (TPSA) is 149 Å². The van der Waals surface area contributed by atoms with Gasteiger partial charge in [0.15, 0.2) is 11.7 Å². The van der Waals surface area contributed by atoms with Crippen molar-refractivity contribution in [2.45, 2.75) is 31.8 Å². The summed E-state index contributed by atoms with van der Waals surface area (Å²) in [5.41, 5.74) is 9.37. The molecule has 2 aromatic carbocycles. The van der Waals surface area contributed by atoms with Gasteiger partial charge >= 0.3 is 5.97 Å². The van der Waals surface area contributed by atoms with Gasteiger partial charge < -0.3 is 16.2 Å². The quantitative estimate of drug-likeness (QED) is 0.0864. The second-order valence-corrected chi connectivity index (χ2v) is 6.89. The minimum Gasteiger partial charge on any atom is -0.480 e. The number of carbonyl (C=O) groups excluding carboxylic acids is 2. The molecule has 164 valence electrons. The van der Waals surface area contributed by atoms with Crippen LogP contribution in [0.1, 0.15) is 35.2 Å². The van der Waals surface area contributed by atoms with Crippen molar-refractivity contribution in [1.82, 2.24) is 15.8 Å². The molecule has 0 fully saturated rings. The SMILES string of the molecule is N=C(N)NCCC[C@@H](C(=O)O)N(NCc1ccccc1)C(=O)CC(=O)c1ccccc1. The summed E-state index contributed by atoms with van der Waals surface area (Å²) in [6.07, 6.45) is 0.0178. The van der Waals surface area contributed by atoms with Gasteiger partial charge in [0.1, 0.15) is 6.04 Å². The molecule has 9 nitrogen and oxygen atoms in total. The van der Waals surface area contributed by atoms with Crippen LogP contribution in [0, 0.1) is 5.41 Å². The first-order valence-electron chi connectivity index (χ1n) is 9.87. The molecule has 9 heteroatoms. The lowest BCUT2D eigenvalue weighted by atomic mass is 10.1. The van der Waals surface area contributed by atoms with Gasteiger partial charge in [-0.3, -0.25) is 20.0 Å². The number of nitrogens with zero attached hydrogens (tertiary/aromatic N) is 1. The van der Waals surface area contributed by atoms with Gasteiger partial charge in [0.05, 0.1) is 6.42 Å². The Kier molecular flexibility index (Phi) is 9.18. The zero-order valence-electron chi connectivity index (χ0n) is 17.1. The molecule has 0 unspecified atom stereocenters. The molecule has 2 aromatic rings. The molecule has 0 spiro atoms. The number of nitrogens with one attached hydrogen (secondary N) is 3. The maximum absolute atomic E-state index is 12.9. The van der Waals surface area contributed by atoms with Crippen LogP contribution in [0.5, 0.6) is 0 Å². The maximum Gasteiger partial charge on any atom is 0.328 e. The highest BCUT2D eigenvalue weighted by Gasteiger charge is 2.30. The molecule has 0 aliphatic heterocycles. The smallest absolute Gasteiger partial charge is 0.328 e. The molecule has 1 amide bonds. The number of carboxylic acids is 1. The zero-order valence-corrected chi connectivity index (χ0v) is 17.1. The van der Waals surface area contributed by atoms with Crippen LogP contribution < -0.4 is 16.5 Å². The Morgan fingerprint density at radius 3 is 2.23 bits per heavy atom. The lowest BCUT2D eigenvalue weighted by molar-refractivity contribution is -0.153. The summed E-state index contributed by atoms with van der Waals surface area (Å²) in [5, 5.41) is 20.6. The molecule has 0 saturated carbocycles. The summed E-state index contributed by atoms with van der Waals surface area (Å²) in [6.45, 7) is 0.518. The summed E-state index contributed by atoms with van der Waals surface area (Å²) >= 11 is 0. The Balaban J connectivity index is 2.14. The third kappa shape index (κ3) is 7.90. The van der Waals surface area contributed by atoms with E-state index in [1.807, 2.05) is 30.3 Å². The summed E-state index contributed by atoms with van der Waals surface area (Å²) < 4.78 is 0. The lowest BCUT2D eigenvalue weighted by Gasteiger charge is -2.29. The van der Waals surface area contributed by atoms with Gasteiger partial charge in [-0.1, -0.05) is 60.7 Å². The van der Waals surface area contributed by atoms with Crippen LogP contribution in [-0.2, 0) is 16.1 Å². The van der Waals surface area contributed by atoms with Crippen molar-refractivity contribution in [1.29, 1.82) is 5.41 Å². The third-order valence-corrected chi connectivity index (χ3v) is 4.54. The predicted molar refractivity (Wildman–Crippen MR) is 116 cm³/mol. The molecule has 0 heterocycles. The number of ketones is 1. The number of carbonyl (C=O) groups is 3. The van der Waals surface area contributed by atoms with Crippen LogP contribution in [0.4, 0.5) is 0 Å². The second kappa shape index (κ2) is 12.1. The molecule has 0 aliphatic rings. The molecule has 1 atom stereocenters. The molecule has 31 heavy (non-hydrogen) atoms. The summed E-state index contributed by atoms with van der Waals surface area (Å²) in [6, 6.07) is 16.4. The number of nitrogens with two attached hydrogens (primary N) is 1. The molecule has 6 N–H and O–H groups in total. The number of hydrogen-bond donors (Lipinski definition) is 5. The van der Waals surface area contributed by atoms with Crippen molar-refractivity contribution in [3.05, 3.63) is 71.8 Å². The number of hydrogen-bond acceptors (Lipinski definition) is 5. The Bertz CT molecular complexity index is 889.